The molecule has 1 fully saturated rings. The lowest BCUT2D eigenvalue weighted by atomic mass is 10.00. The van der Waals surface area contributed by atoms with Crippen LogP contribution in [0.25, 0.3) is 10.2 Å². The second kappa shape index (κ2) is 8.39. The number of amides is 1. The summed E-state index contributed by atoms with van der Waals surface area (Å²) in [5, 5.41) is 2.82. The standard InChI is InChI=1S/C19H25N3O2S2/c1-4-10-22-18(24)15-9-12-25-16(15)20-19(22)26-13(3)17(23)21-11-7-6-8-14(21)5-2/h4,9,12-14H,1,5-8,10-11H2,2-3H3. The molecule has 2 aromatic heterocycles. The fourth-order valence-electron chi connectivity index (χ4n) is 3.47. The van der Waals surface area contributed by atoms with Crippen molar-refractivity contribution in [2.45, 2.75) is 62.5 Å². The molecule has 5 nitrogen and oxygen atoms in total. The van der Waals surface area contributed by atoms with Gasteiger partial charge in [-0.15, -0.1) is 17.9 Å². The second-order valence-electron chi connectivity index (χ2n) is 6.59. The molecule has 0 radical (unpaired) electrons. The number of nitrogens with zero attached hydrogens (tertiary/aromatic N) is 3. The van der Waals surface area contributed by atoms with E-state index in [0.29, 0.717) is 23.1 Å². The molecule has 1 amide bonds. The molecule has 0 saturated carbocycles. The van der Waals surface area contributed by atoms with Gasteiger partial charge in [0.1, 0.15) is 4.83 Å². The Balaban J connectivity index is 1.87. The van der Waals surface area contributed by atoms with Crippen molar-refractivity contribution < 1.29 is 4.79 Å². The van der Waals surface area contributed by atoms with Gasteiger partial charge in [-0.1, -0.05) is 24.8 Å². The molecule has 0 spiro atoms. The Hall–Kier alpha value is -1.60. The number of carbonyl (C=O) groups is 1. The van der Waals surface area contributed by atoms with E-state index in [4.69, 9.17) is 0 Å². The lowest BCUT2D eigenvalue weighted by molar-refractivity contribution is -0.134. The average molecular weight is 392 g/mol. The number of likely N-dealkylation sites (tertiary alicyclic amines) is 1. The van der Waals surface area contributed by atoms with E-state index < -0.39 is 0 Å². The van der Waals surface area contributed by atoms with Crippen LogP contribution in [0, 0.1) is 0 Å². The SMILES string of the molecule is C=CCn1c(SC(C)C(=O)N2CCCCC2CC)nc2sccc2c1=O. The van der Waals surface area contributed by atoms with E-state index in [2.05, 4.69) is 18.5 Å². The Morgan fingerprint density at radius 2 is 2.35 bits per heavy atom. The number of carbonyl (C=O) groups excluding carboxylic acids is 1. The lowest BCUT2D eigenvalue weighted by Crippen LogP contribution is -2.46. The van der Waals surface area contributed by atoms with Crippen LogP contribution in [-0.2, 0) is 11.3 Å². The Morgan fingerprint density at radius 1 is 1.54 bits per heavy atom. The predicted octanol–water partition coefficient (Wildman–Crippen LogP) is 3.92. The predicted molar refractivity (Wildman–Crippen MR) is 109 cm³/mol. The molecule has 140 valence electrons. The topological polar surface area (TPSA) is 55.2 Å². The van der Waals surface area contributed by atoms with Gasteiger partial charge in [0.25, 0.3) is 5.56 Å². The molecular formula is C19H25N3O2S2. The molecule has 0 aliphatic carbocycles. The van der Waals surface area contributed by atoms with Crippen molar-refractivity contribution in [2.24, 2.45) is 0 Å². The zero-order chi connectivity index (χ0) is 18.7. The number of thioether (sulfide) groups is 1. The third-order valence-corrected chi connectivity index (χ3v) is 6.76. The third-order valence-electron chi connectivity index (χ3n) is 4.87. The summed E-state index contributed by atoms with van der Waals surface area (Å²) >= 11 is 2.83. The Labute approximate surface area is 162 Å². The summed E-state index contributed by atoms with van der Waals surface area (Å²) in [7, 11) is 0. The van der Waals surface area contributed by atoms with Crippen molar-refractivity contribution in [1.82, 2.24) is 14.5 Å². The number of rotatable bonds is 6. The Bertz CT molecular complexity index is 858. The van der Waals surface area contributed by atoms with E-state index in [9.17, 15) is 9.59 Å². The van der Waals surface area contributed by atoms with Gasteiger partial charge in [0.2, 0.25) is 5.91 Å². The van der Waals surface area contributed by atoms with Gasteiger partial charge in [-0.25, -0.2) is 4.98 Å². The molecule has 2 unspecified atom stereocenters. The first-order valence-corrected chi connectivity index (χ1v) is 10.9. The number of hydrogen-bond acceptors (Lipinski definition) is 5. The summed E-state index contributed by atoms with van der Waals surface area (Å²) in [6.07, 6.45) is 6.03. The fraction of sp³-hybridized carbons (Fsp3) is 0.526. The first-order chi connectivity index (χ1) is 12.6. The summed E-state index contributed by atoms with van der Waals surface area (Å²) in [5.74, 6) is 0.146. The summed E-state index contributed by atoms with van der Waals surface area (Å²) in [6.45, 7) is 9.02. The molecule has 0 N–H and O–H groups in total. The van der Waals surface area contributed by atoms with Gasteiger partial charge in [-0.3, -0.25) is 14.2 Å². The zero-order valence-corrected chi connectivity index (χ0v) is 16.9. The molecule has 2 atom stereocenters. The third kappa shape index (κ3) is 3.74. The van der Waals surface area contributed by atoms with Gasteiger partial charge in [-0.05, 0) is 44.1 Å². The van der Waals surface area contributed by atoms with E-state index in [-0.39, 0.29) is 16.7 Å². The summed E-state index contributed by atoms with van der Waals surface area (Å²) in [6, 6.07) is 2.14. The molecule has 3 heterocycles. The van der Waals surface area contributed by atoms with E-state index in [1.54, 1.807) is 16.7 Å². The van der Waals surface area contributed by atoms with Crippen LogP contribution in [0.15, 0.2) is 34.1 Å². The highest BCUT2D eigenvalue weighted by Gasteiger charge is 2.30. The van der Waals surface area contributed by atoms with Crippen molar-refractivity contribution in [3.05, 3.63) is 34.5 Å². The minimum Gasteiger partial charge on any atom is -0.339 e. The van der Waals surface area contributed by atoms with E-state index in [1.165, 1.54) is 29.5 Å². The number of allylic oxidation sites excluding steroid dienone is 1. The minimum absolute atomic E-state index is 0.0669. The van der Waals surface area contributed by atoms with Gasteiger partial charge in [0.15, 0.2) is 5.16 Å². The van der Waals surface area contributed by atoms with Crippen LogP contribution in [0.2, 0.25) is 0 Å². The number of aromatic nitrogens is 2. The molecule has 0 aromatic carbocycles. The lowest BCUT2D eigenvalue weighted by Gasteiger charge is -2.36. The van der Waals surface area contributed by atoms with Crippen molar-refractivity contribution in [1.29, 1.82) is 0 Å². The Kier molecular flexibility index (Phi) is 6.19. The first-order valence-electron chi connectivity index (χ1n) is 9.12. The van der Waals surface area contributed by atoms with Crippen LogP contribution in [-0.4, -0.2) is 38.2 Å². The van der Waals surface area contributed by atoms with Crippen molar-refractivity contribution in [3.63, 3.8) is 0 Å². The maximum atomic E-state index is 13.0. The van der Waals surface area contributed by atoms with Crippen LogP contribution in [0.4, 0.5) is 0 Å². The fourth-order valence-corrected chi connectivity index (χ4v) is 5.26. The average Bonchev–Trinajstić information content (AvgIpc) is 3.12. The summed E-state index contributed by atoms with van der Waals surface area (Å²) in [5.41, 5.74) is -0.0669. The van der Waals surface area contributed by atoms with Gasteiger partial charge in [-0.2, -0.15) is 0 Å². The van der Waals surface area contributed by atoms with E-state index >= 15 is 0 Å². The van der Waals surface area contributed by atoms with Crippen LogP contribution in [0.3, 0.4) is 0 Å². The first kappa shape index (κ1) is 19.2. The number of fused-ring (bicyclic) bond motifs is 1. The second-order valence-corrected chi connectivity index (χ2v) is 8.79. The van der Waals surface area contributed by atoms with Crippen LogP contribution >= 0.6 is 23.1 Å². The molecule has 1 aliphatic rings. The van der Waals surface area contributed by atoms with Crippen LogP contribution in [0.1, 0.15) is 39.5 Å². The van der Waals surface area contributed by atoms with E-state index in [0.717, 1.165) is 30.6 Å². The highest BCUT2D eigenvalue weighted by Crippen LogP contribution is 2.28. The molecule has 3 rings (SSSR count). The van der Waals surface area contributed by atoms with Crippen LogP contribution < -0.4 is 5.56 Å². The highest BCUT2D eigenvalue weighted by atomic mass is 32.2. The normalized spacial score (nSPS) is 18.8. The summed E-state index contributed by atoms with van der Waals surface area (Å²) < 4.78 is 1.62. The van der Waals surface area contributed by atoms with E-state index in [1.807, 2.05) is 17.2 Å². The molecule has 0 bridgehead atoms. The maximum absolute atomic E-state index is 13.0. The van der Waals surface area contributed by atoms with Crippen LogP contribution in [0.5, 0.6) is 0 Å². The van der Waals surface area contributed by atoms with Gasteiger partial charge in [0, 0.05) is 19.1 Å². The molecule has 2 aromatic rings. The largest absolute Gasteiger partial charge is 0.339 e. The Morgan fingerprint density at radius 3 is 3.08 bits per heavy atom. The monoisotopic (exact) mass is 391 g/mol. The smallest absolute Gasteiger partial charge is 0.263 e. The van der Waals surface area contributed by atoms with Crippen molar-refractivity contribution in [3.8, 4) is 0 Å². The van der Waals surface area contributed by atoms with Gasteiger partial charge < -0.3 is 4.90 Å². The summed E-state index contributed by atoms with van der Waals surface area (Å²) in [4.78, 5) is 33.1. The van der Waals surface area contributed by atoms with Crippen molar-refractivity contribution in [2.75, 3.05) is 6.54 Å². The molecule has 1 aliphatic heterocycles. The number of hydrogen-bond donors (Lipinski definition) is 0. The minimum atomic E-state index is -0.275. The molecule has 7 heteroatoms. The van der Waals surface area contributed by atoms with Gasteiger partial charge in [0.05, 0.1) is 10.6 Å². The number of piperidine rings is 1. The molecule has 26 heavy (non-hydrogen) atoms. The molecule has 1 saturated heterocycles. The maximum Gasteiger partial charge on any atom is 0.263 e. The van der Waals surface area contributed by atoms with Gasteiger partial charge >= 0.3 is 0 Å². The quantitative estimate of drug-likeness (QED) is 0.425. The molecular weight excluding hydrogens is 366 g/mol. The zero-order valence-electron chi connectivity index (χ0n) is 15.3. The van der Waals surface area contributed by atoms with Crippen molar-refractivity contribution >= 4 is 39.2 Å². The number of thiophene rings is 1. The highest BCUT2D eigenvalue weighted by molar-refractivity contribution is 8.00.